The third kappa shape index (κ3) is 1.49. The molecule has 0 aromatic rings. The zero-order valence-corrected chi connectivity index (χ0v) is 6.42. The average molecular weight is 152 g/mol. The average Bonchev–Trinajstić information content (AvgIpc) is 2.58. The van der Waals surface area contributed by atoms with Crippen LogP contribution in [0, 0.1) is 0 Å². The van der Waals surface area contributed by atoms with E-state index in [-0.39, 0.29) is 0 Å². The number of rotatable bonds is 1. The Balaban J connectivity index is 2.02. The molecule has 1 atom stereocenters. The number of aliphatic imine (C=N–C) groups is 1. The number of hydrogen-bond acceptors (Lipinski definition) is 3. The topological polar surface area (TPSA) is 33.6 Å². The standard InChI is InChI=1S/C8H12N2O/c1-2-7(6-9-4-1)8-3-5-11-10-8/h4,6,8,10H,1-3,5H2. The summed E-state index contributed by atoms with van der Waals surface area (Å²) in [6.07, 6.45) is 7.20. The maximum absolute atomic E-state index is 5.07. The van der Waals surface area contributed by atoms with E-state index in [0.29, 0.717) is 6.04 Å². The van der Waals surface area contributed by atoms with Gasteiger partial charge in [-0.1, -0.05) is 0 Å². The molecular weight excluding hydrogens is 140 g/mol. The lowest BCUT2D eigenvalue weighted by atomic mass is 10.0. The summed E-state index contributed by atoms with van der Waals surface area (Å²) in [4.78, 5) is 9.19. The van der Waals surface area contributed by atoms with Gasteiger partial charge in [0.15, 0.2) is 0 Å². The van der Waals surface area contributed by atoms with Gasteiger partial charge in [-0.3, -0.25) is 4.99 Å². The fourth-order valence-electron chi connectivity index (χ4n) is 1.44. The summed E-state index contributed by atoms with van der Waals surface area (Å²) >= 11 is 0. The third-order valence-electron chi connectivity index (χ3n) is 2.09. The lowest BCUT2D eigenvalue weighted by Crippen LogP contribution is -2.23. The van der Waals surface area contributed by atoms with Crippen LogP contribution in [-0.2, 0) is 4.84 Å². The summed E-state index contributed by atoms with van der Waals surface area (Å²) in [5, 5.41) is 0. The van der Waals surface area contributed by atoms with Gasteiger partial charge in [0.2, 0.25) is 0 Å². The highest BCUT2D eigenvalue weighted by Crippen LogP contribution is 2.18. The van der Waals surface area contributed by atoms with Crippen LogP contribution in [0.4, 0.5) is 0 Å². The van der Waals surface area contributed by atoms with Crippen molar-refractivity contribution in [3.63, 3.8) is 0 Å². The maximum atomic E-state index is 5.07. The fraction of sp³-hybridized carbons (Fsp3) is 0.625. The van der Waals surface area contributed by atoms with Gasteiger partial charge < -0.3 is 4.84 Å². The van der Waals surface area contributed by atoms with Crippen molar-refractivity contribution in [2.75, 3.05) is 6.61 Å². The molecule has 0 bridgehead atoms. The van der Waals surface area contributed by atoms with E-state index in [2.05, 4.69) is 10.5 Å². The molecule has 2 rings (SSSR count). The van der Waals surface area contributed by atoms with Crippen molar-refractivity contribution in [3.05, 3.63) is 11.8 Å². The van der Waals surface area contributed by atoms with Gasteiger partial charge in [0, 0.05) is 12.4 Å². The van der Waals surface area contributed by atoms with Crippen LogP contribution in [0.25, 0.3) is 0 Å². The van der Waals surface area contributed by atoms with Crippen LogP contribution in [-0.4, -0.2) is 18.9 Å². The molecule has 1 fully saturated rings. The molecule has 2 heterocycles. The van der Waals surface area contributed by atoms with Gasteiger partial charge in [-0.2, -0.15) is 5.48 Å². The number of nitrogens with one attached hydrogen (secondary N) is 1. The molecule has 0 saturated carbocycles. The molecular formula is C8H12N2O. The number of nitrogens with zero attached hydrogens (tertiary/aromatic N) is 1. The van der Waals surface area contributed by atoms with Crippen LogP contribution < -0.4 is 5.48 Å². The second kappa shape index (κ2) is 3.15. The summed E-state index contributed by atoms with van der Waals surface area (Å²) in [6, 6.07) is 0.424. The van der Waals surface area contributed by atoms with E-state index in [9.17, 15) is 0 Å². The predicted molar refractivity (Wildman–Crippen MR) is 43.3 cm³/mol. The monoisotopic (exact) mass is 152 g/mol. The van der Waals surface area contributed by atoms with Crippen LogP contribution in [0.2, 0.25) is 0 Å². The van der Waals surface area contributed by atoms with Gasteiger partial charge in [-0.15, -0.1) is 0 Å². The molecule has 2 aliphatic rings. The van der Waals surface area contributed by atoms with Crippen molar-refractivity contribution in [3.8, 4) is 0 Å². The molecule has 3 nitrogen and oxygen atoms in total. The molecule has 2 aliphatic heterocycles. The summed E-state index contributed by atoms with van der Waals surface area (Å²) < 4.78 is 0. The molecule has 0 radical (unpaired) electrons. The van der Waals surface area contributed by atoms with Gasteiger partial charge in [-0.25, -0.2) is 0 Å². The molecule has 60 valence electrons. The second-order valence-corrected chi connectivity index (χ2v) is 2.88. The normalized spacial score (nSPS) is 30.5. The minimum atomic E-state index is 0.424. The molecule has 0 aromatic carbocycles. The largest absolute Gasteiger partial charge is 0.301 e. The maximum Gasteiger partial charge on any atom is 0.0701 e. The Morgan fingerprint density at radius 2 is 2.64 bits per heavy atom. The van der Waals surface area contributed by atoms with E-state index >= 15 is 0 Å². The first-order valence-corrected chi connectivity index (χ1v) is 4.05. The number of hydrogen-bond donors (Lipinski definition) is 1. The highest BCUT2D eigenvalue weighted by atomic mass is 16.7. The Morgan fingerprint density at radius 1 is 1.64 bits per heavy atom. The highest BCUT2D eigenvalue weighted by molar-refractivity contribution is 5.60. The van der Waals surface area contributed by atoms with Crippen LogP contribution in [0.1, 0.15) is 19.3 Å². The Bertz CT molecular complexity index is 192. The number of hydroxylamine groups is 1. The summed E-state index contributed by atoms with van der Waals surface area (Å²) in [5.74, 6) is 0. The molecule has 1 N–H and O–H groups in total. The first-order valence-electron chi connectivity index (χ1n) is 4.05. The minimum absolute atomic E-state index is 0.424. The van der Waals surface area contributed by atoms with Crippen LogP contribution in [0.5, 0.6) is 0 Å². The van der Waals surface area contributed by atoms with E-state index in [0.717, 1.165) is 25.9 Å². The van der Waals surface area contributed by atoms with Crippen molar-refractivity contribution in [1.82, 2.24) is 5.48 Å². The molecule has 0 aliphatic carbocycles. The lowest BCUT2D eigenvalue weighted by molar-refractivity contribution is 0.0925. The fourth-order valence-corrected chi connectivity index (χ4v) is 1.44. The zero-order chi connectivity index (χ0) is 7.52. The van der Waals surface area contributed by atoms with E-state index in [4.69, 9.17) is 4.84 Å². The third-order valence-corrected chi connectivity index (χ3v) is 2.09. The quantitative estimate of drug-likeness (QED) is 0.608. The first-order chi connectivity index (χ1) is 5.47. The van der Waals surface area contributed by atoms with Crippen molar-refractivity contribution in [2.24, 2.45) is 4.99 Å². The Kier molecular flexibility index (Phi) is 2.01. The SMILES string of the molecule is C1=NC=C(C2CCON2)CC1. The van der Waals surface area contributed by atoms with Crippen molar-refractivity contribution in [1.29, 1.82) is 0 Å². The molecule has 1 saturated heterocycles. The van der Waals surface area contributed by atoms with Gasteiger partial charge in [-0.05, 0) is 24.8 Å². The van der Waals surface area contributed by atoms with Crippen LogP contribution in [0.15, 0.2) is 16.8 Å². The summed E-state index contributed by atoms with van der Waals surface area (Å²) in [6.45, 7) is 0.825. The van der Waals surface area contributed by atoms with E-state index < -0.39 is 0 Å². The molecule has 1 unspecified atom stereocenters. The van der Waals surface area contributed by atoms with Gasteiger partial charge in [0.25, 0.3) is 0 Å². The van der Waals surface area contributed by atoms with Crippen molar-refractivity contribution in [2.45, 2.75) is 25.3 Å². The molecule has 0 amide bonds. The molecule has 0 aromatic heterocycles. The van der Waals surface area contributed by atoms with E-state index in [1.807, 2.05) is 12.4 Å². The highest BCUT2D eigenvalue weighted by Gasteiger charge is 2.19. The van der Waals surface area contributed by atoms with Gasteiger partial charge in [0.1, 0.15) is 0 Å². The van der Waals surface area contributed by atoms with Crippen molar-refractivity contribution >= 4 is 6.21 Å². The Morgan fingerprint density at radius 3 is 3.27 bits per heavy atom. The smallest absolute Gasteiger partial charge is 0.0701 e. The van der Waals surface area contributed by atoms with Gasteiger partial charge in [0.05, 0.1) is 12.6 Å². The van der Waals surface area contributed by atoms with Crippen LogP contribution >= 0.6 is 0 Å². The lowest BCUT2D eigenvalue weighted by Gasteiger charge is -2.13. The first kappa shape index (κ1) is 7.00. The van der Waals surface area contributed by atoms with Gasteiger partial charge >= 0.3 is 0 Å². The summed E-state index contributed by atoms with van der Waals surface area (Å²) in [7, 11) is 0. The van der Waals surface area contributed by atoms with E-state index in [1.165, 1.54) is 5.57 Å². The van der Waals surface area contributed by atoms with E-state index in [1.54, 1.807) is 0 Å². The Hall–Kier alpha value is -0.670. The molecule has 11 heavy (non-hydrogen) atoms. The molecule has 3 heteroatoms. The molecule has 0 spiro atoms. The minimum Gasteiger partial charge on any atom is -0.301 e. The zero-order valence-electron chi connectivity index (χ0n) is 6.42. The Labute approximate surface area is 66.1 Å². The van der Waals surface area contributed by atoms with Crippen molar-refractivity contribution < 1.29 is 4.84 Å². The van der Waals surface area contributed by atoms with Crippen LogP contribution in [0.3, 0.4) is 0 Å². The summed E-state index contributed by atoms with van der Waals surface area (Å²) in [5.41, 5.74) is 4.36. The predicted octanol–water partition coefficient (Wildman–Crippen LogP) is 1.03. The second-order valence-electron chi connectivity index (χ2n) is 2.88.